The van der Waals surface area contributed by atoms with Crippen LogP contribution in [0, 0.1) is 0 Å². The first-order valence-corrected chi connectivity index (χ1v) is 7.06. The standard InChI is InChI=1S/C13H15BrClN3O/c1-19-5-4-16-7-10-2-3-13(12(14)6-10)18-9-11(15)8-17-18/h2-3,6,8-9,16H,4-5,7H2,1H3. The number of ether oxygens (including phenoxy) is 1. The van der Waals surface area contributed by atoms with Gasteiger partial charge in [0, 0.05) is 30.9 Å². The van der Waals surface area contributed by atoms with Crippen molar-refractivity contribution in [2.24, 2.45) is 0 Å². The highest BCUT2D eigenvalue weighted by Crippen LogP contribution is 2.23. The number of nitrogens with one attached hydrogen (secondary N) is 1. The Morgan fingerprint density at radius 3 is 2.95 bits per heavy atom. The molecule has 102 valence electrons. The van der Waals surface area contributed by atoms with Crippen molar-refractivity contribution in [2.75, 3.05) is 20.3 Å². The minimum absolute atomic E-state index is 0.622. The van der Waals surface area contributed by atoms with Gasteiger partial charge < -0.3 is 10.1 Å². The summed E-state index contributed by atoms with van der Waals surface area (Å²) >= 11 is 9.43. The lowest BCUT2D eigenvalue weighted by molar-refractivity contribution is 0.199. The van der Waals surface area contributed by atoms with Gasteiger partial charge in [0.1, 0.15) is 0 Å². The zero-order chi connectivity index (χ0) is 13.7. The Morgan fingerprint density at radius 2 is 2.32 bits per heavy atom. The van der Waals surface area contributed by atoms with Crippen LogP contribution in [0.4, 0.5) is 0 Å². The Hall–Kier alpha value is -0.880. The van der Waals surface area contributed by atoms with Gasteiger partial charge in [0.25, 0.3) is 0 Å². The van der Waals surface area contributed by atoms with Gasteiger partial charge in [0.05, 0.1) is 23.5 Å². The number of benzene rings is 1. The lowest BCUT2D eigenvalue weighted by atomic mass is 10.2. The Balaban J connectivity index is 2.05. The highest BCUT2D eigenvalue weighted by Gasteiger charge is 2.05. The van der Waals surface area contributed by atoms with Gasteiger partial charge in [-0.3, -0.25) is 0 Å². The lowest BCUT2D eigenvalue weighted by Gasteiger charge is -2.08. The van der Waals surface area contributed by atoms with Crippen molar-refractivity contribution < 1.29 is 4.74 Å². The molecular formula is C13H15BrClN3O. The molecule has 0 saturated carbocycles. The zero-order valence-electron chi connectivity index (χ0n) is 10.6. The van der Waals surface area contributed by atoms with Crippen molar-refractivity contribution in [3.63, 3.8) is 0 Å². The minimum atomic E-state index is 0.622. The number of rotatable bonds is 6. The predicted molar refractivity (Wildman–Crippen MR) is 79.9 cm³/mol. The minimum Gasteiger partial charge on any atom is -0.383 e. The van der Waals surface area contributed by atoms with E-state index in [0.717, 1.165) is 23.2 Å². The summed E-state index contributed by atoms with van der Waals surface area (Å²) in [5.74, 6) is 0. The Labute approximate surface area is 125 Å². The van der Waals surface area contributed by atoms with Crippen LogP contribution in [0.25, 0.3) is 5.69 Å². The van der Waals surface area contributed by atoms with Crippen molar-refractivity contribution in [1.29, 1.82) is 0 Å². The topological polar surface area (TPSA) is 39.1 Å². The normalized spacial score (nSPS) is 10.9. The Kier molecular flexibility index (Phi) is 5.39. The van der Waals surface area contributed by atoms with E-state index < -0.39 is 0 Å². The van der Waals surface area contributed by atoms with Gasteiger partial charge in [-0.15, -0.1) is 0 Å². The van der Waals surface area contributed by atoms with Gasteiger partial charge in [-0.2, -0.15) is 5.10 Å². The summed E-state index contributed by atoms with van der Waals surface area (Å²) in [5.41, 5.74) is 2.16. The number of aromatic nitrogens is 2. The summed E-state index contributed by atoms with van der Waals surface area (Å²) in [4.78, 5) is 0. The molecule has 2 aromatic rings. The summed E-state index contributed by atoms with van der Waals surface area (Å²) in [7, 11) is 1.70. The molecule has 0 aliphatic rings. The molecule has 6 heteroatoms. The zero-order valence-corrected chi connectivity index (χ0v) is 12.9. The third-order valence-corrected chi connectivity index (χ3v) is 3.45. The number of hydrogen-bond donors (Lipinski definition) is 1. The molecule has 0 spiro atoms. The van der Waals surface area contributed by atoms with Crippen LogP contribution in [0.15, 0.2) is 35.1 Å². The summed E-state index contributed by atoms with van der Waals surface area (Å²) in [6.45, 7) is 2.36. The summed E-state index contributed by atoms with van der Waals surface area (Å²) < 4.78 is 7.72. The van der Waals surface area contributed by atoms with Crippen molar-refractivity contribution in [1.82, 2.24) is 15.1 Å². The van der Waals surface area contributed by atoms with Crippen LogP contribution in [-0.4, -0.2) is 30.0 Å². The molecule has 0 aliphatic carbocycles. The second-order valence-corrected chi connectivity index (χ2v) is 5.35. The first kappa shape index (κ1) is 14.5. The summed E-state index contributed by atoms with van der Waals surface area (Å²) in [5, 5.41) is 8.11. The third-order valence-electron chi connectivity index (χ3n) is 2.62. The van der Waals surface area contributed by atoms with E-state index in [-0.39, 0.29) is 0 Å². The second-order valence-electron chi connectivity index (χ2n) is 4.06. The molecule has 0 radical (unpaired) electrons. The van der Waals surface area contributed by atoms with E-state index in [4.69, 9.17) is 16.3 Å². The smallest absolute Gasteiger partial charge is 0.0790 e. The summed E-state index contributed by atoms with van der Waals surface area (Å²) in [6, 6.07) is 6.15. The van der Waals surface area contributed by atoms with Gasteiger partial charge in [-0.25, -0.2) is 4.68 Å². The van der Waals surface area contributed by atoms with E-state index in [0.29, 0.717) is 11.6 Å². The molecule has 4 nitrogen and oxygen atoms in total. The molecule has 0 amide bonds. The molecule has 1 aromatic carbocycles. The highest BCUT2D eigenvalue weighted by molar-refractivity contribution is 9.10. The molecule has 0 unspecified atom stereocenters. The monoisotopic (exact) mass is 343 g/mol. The first-order valence-electron chi connectivity index (χ1n) is 5.89. The lowest BCUT2D eigenvalue weighted by Crippen LogP contribution is -2.18. The van der Waals surface area contributed by atoms with Crippen LogP contribution in [-0.2, 0) is 11.3 Å². The van der Waals surface area contributed by atoms with Crippen LogP contribution < -0.4 is 5.32 Å². The van der Waals surface area contributed by atoms with Crippen LogP contribution in [0.1, 0.15) is 5.56 Å². The SMILES string of the molecule is COCCNCc1ccc(-n2cc(Cl)cn2)c(Br)c1. The van der Waals surface area contributed by atoms with Crippen LogP contribution in [0.5, 0.6) is 0 Å². The quantitative estimate of drug-likeness (QED) is 0.819. The maximum absolute atomic E-state index is 5.87. The number of methoxy groups -OCH3 is 1. The number of nitrogens with zero attached hydrogens (tertiary/aromatic N) is 2. The molecule has 0 aliphatic heterocycles. The number of halogens is 2. The maximum atomic E-state index is 5.87. The van der Waals surface area contributed by atoms with E-state index >= 15 is 0 Å². The van der Waals surface area contributed by atoms with Crippen LogP contribution in [0.3, 0.4) is 0 Å². The van der Waals surface area contributed by atoms with Gasteiger partial charge in [0.2, 0.25) is 0 Å². The van der Waals surface area contributed by atoms with E-state index in [1.807, 2.05) is 6.07 Å². The molecule has 0 saturated heterocycles. The third kappa shape index (κ3) is 4.04. The van der Waals surface area contributed by atoms with Gasteiger partial charge in [-0.1, -0.05) is 17.7 Å². The molecule has 19 heavy (non-hydrogen) atoms. The van der Waals surface area contributed by atoms with E-state index in [2.05, 4.69) is 38.5 Å². The molecule has 0 fully saturated rings. The molecule has 1 heterocycles. The Morgan fingerprint density at radius 1 is 1.47 bits per heavy atom. The molecule has 1 aromatic heterocycles. The Bertz CT molecular complexity index is 544. The first-order chi connectivity index (χ1) is 9.20. The van der Waals surface area contributed by atoms with Gasteiger partial charge in [0.15, 0.2) is 0 Å². The van der Waals surface area contributed by atoms with Crippen molar-refractivity contribution in [2.45, 2.75) is 6.54 Å². The molecule has 1 N–H and O–H groups in total. The molecule has 0 atom stereocenters. The molecular weight excluding hydrogens is 330 g/mol. The fraction of sp³-hybridized carbons (Fsp3) is 0.308. The van der Waals surface area contributed by atoms with E-state index in [9.17, 15) is 0 Å². The highest BCUT2D eigenvalue weighted by atomic mass is 79.9. The average Bonchev–Trinajstić information content (AvgIpc) is 2.81. The van der Waals surface area contributed by atoms with Crippen LogP contribution >= 0.6 is 27.5 Å². The van der Waals surface area contributed by atoms with Crippen LogP contribution in [0.2, 0.25) is 5.02 Å². The van der Waals surface area contributed by atoms with E-state index in [1.165, 1.54) is 5.56 Å². The molecule has 0 bridgehead atoms. The average molecular weight is 345 g/mol. The molecule has 2 rings (SSSR count). The summed E-state index contributed by atoms with van der Waals surface area (Å²) in [6.07, 6.45) is 3.40. The second kappa shape index (κ2) is 7.05. The van der Waals surface area contributed by atoms with Gasteiger partial charge in [-0.05, 0) is 33.6 Å². The van der Waals surface area contributed by atoms with Crippen molar-refractivity contribution in [3.8, 4) is 5.69 Å². The number of hydrogen-bond acceptors (Lipinski definition) is 3. The maximum Gasteiger partial charge on any atom is 0.0790 e. The van der Waals surface area contributed by atoms with Gasteiger partial charge >= 0.3 is 0 Å². The van der Waals surface area contributed by atoms with Crippen molar-refractivity contribution in [3.05, 3.63) is 45.7 Å². The fourth-order valence-electron chi connectivity index (χ4n) is 1.69. The predicted octanol–water partition coefficient (Wildman–Crippen LogP) is 3.02. The largest absolute Gasteiger partial charge is 0.383 e. The van der Waals surface area contributed by atoms with E-state index in [1.54, 1.807) is 24.2 Å². The fourth-order valence-corrected chi connectivity index (χ4v) is 2.43. The van der Waals surface area contributed by atoms with Crippen molar-refractivity contribution >= 4 is 27.5 Å².